The molecule has 0 unspecified atom stereocenters. The van der Waals surface area contributed by atoms with Crippen LogP contribution in [-0.4, -0.2) is 12.5 Å². The van der Waals surface area contributed by atoms with Crippen molar-refractivity contribution in [3.8, 4) is 5.75 Å². The van der Waals surface area contributed by atoms with Crippen LogP contribution in [0.1, 0.15) is 35.6 Å². The molecule has 0 radical (unpaired) electrons. The highest BCUT2D eigenvalue weighted by Gasteiger charge is 2.09. The van der Waals surface area contributed by atoms with Crippen molar-refractivity contribution < 1.29 is 9.53 Å². The van der Waals surface area contributed by atoms with Gasteiger partial charge in [-0.2, -0.15) is 0 Å². The van der Waals surface area contributed by atoms with Crippen molar-refractivity contribution >= 4 is 11.6 Å². The van der Waals surface area contributed by atoms with Gasteiger partial charge in [0.2, 0.25) is 5.91 Å². The highest BCUT2D eigenvalue weighted by Crippen LogP contribution is 2.22. The lowest BCUT2D eigenvalue weighted by Crippen LogP contribution is -2.17. The Morgan fingerprint density at radius 2 is 1.87 bits per heavy atom. The predicted molar refractivity (Wildman–Crippen MR) is 95.2 cm³/mol. The second kappa shape index (κ2) is 7.82. The summed E-state index contributed by atoms with van der Waals surface area (Å²) in [6.07, 6.45) is 1.24. The summed E-state index contributed by atoms with van der Waals surface area (Å²) in [7, 11) is 0. The van der Waals surface area contributed by atoms with Gasteiger partial charge >= 0.3 is 0 Å². The molecule has 0 aliphatic rings. The SMILES string of the molecule is CCc1cccc(C)c1NC(=O)CCOc1ccc(C)cc1C. The summed E-state index contributed by atoms with van der Waals surface area (Å²) in [6, 6.07) is 12.1. The Labute approximate surface area is 138 Å². The first-order chi connectivity index (χ1) is 11.0. The molecule has 3 nitrogen and oxygen atoms in total. The molecule has 1 N–H and O–H groups in total. The largest absolute Gasteiger partial charge is 0.493 e. The lowest BCUT2D eigenvalue weighted by Gasteiger charge is -2.13. The molecule has 0 heterocycles. The minimum absolute atomic E-state index is 0.0150. The maximum atomic E-state index is 12.2. The van der Waals surface area contributed by atoms with E-state index in [0.717, 1.165) is 34.5 Å². The summed E-state index contributed by atoms with van der Waals surface area (Å²) in [5, 5.41) is 3.02. The van der Waals surface area contributed by atoms with Crippen molar-refractivity contribution in [3.05, 3.63) is 58.7 Å². The Bertz CT molecular complexity index is 692. The molecule has 0 atom stereocenters. The third-order valence-corrected chi connectivity index (χ3v) is 3.92. The van der Waals surface area contributed by atoms with Gasteiger partial charge in [0, 0.05) is 5.69 Å². The number of carbonyl (C=O) groups is 1. The second-order valence-corrected chi connectivity index (χ2v) is 5.88. The molecule has 2 aromatic carbocycles. The molecule has 0 aliphatic carbocycles. The van der Waals surface area contributed by atoms with E-state index in [4.69, 9.17) is 4.74 Å². The molecule has 2 rings (SSSR count). The van der Waals surface area contributed by atoms with Gasteiger partial charge in [-0.1, -0.05) is 42.8 Å². The van der Waals surface area contributed by atoms with Crippen molar-refractivity contribution in [1.82, 2.24) is 0 Å². The number of anilines is 1. The number of carbonyl (C=O) groups excluding carboxylic acids is 1. The van der Waals surface area contributed by atoms with Crippen molar-refractivity contribution in [2.24, 2.45) is 0 Å². The molecule has 2 aromatic rings. The zero-order chi connectivity index (χ0) is 16.8. The molecule has 0 saturated heterocycles. The van der Waals surface area contributed by atoms with Crippen molar-refractivity contribution in [1.29, 1.82) is 0 Å². The van der Waals surface area contributed by atoms with E-state index in [9.17, 15) is 4.79 Å². The number of ether oxygens (including phenoxy) is 1. The number of hydrogen-bond donors (Lipinski definition) is 1. The Hall–Kier alpha value is -2.29. The molecule has 0 aliphatic heterocycles. The number of nitrogens with one attached hydrogen (secondary N) is 1. The van der Waals surface area contributed by atoms with Crippen LogP contribution in [-0.2, 0) is 11.2 Å². The molecular weight excluding hydrogens is 286 g/mol. The van der Waals surface area contributed by atoms with E-state index in [1.807, 2.05) is 38.1 Å². The molecule has 0 aromatic heterocycles. The Morgan fingerprint density at radius 3 is 2.57 bits per heavy atom. The average molecular weight is 311 g/mol. The van der Waals surface area contributed by atoms with Crippen LogP contribution in [0.2, 0.25) is 0 Å². The minimum Gasteiger partial charge on any atom is -0.493 e. The number of aryl methyl sites for hydroxylation is 4. The normalized spacial score (nSPS) is 10.4. The molecular formula is C20H25NO2. The monoisotopic (exact) mass is 311 g/mol. The van der Waals surface area contributed by atoms with Crippen LogP contribution in [0.5, 0.6) is 5.75 Å². The van der Waals surface area contributed by atoms with Crippen LogP contribution in [0, 0.1) is 20.8 Å². The number of hydrogen-bond acceptors (Lipinski definition) is 2. The number of amides is 1. The topological polar surface area (TPSA) is 38.3 Å². The van der Waals surface area contributed by atoms with Crippen LogP contribution in [0.15, 0.2) is 36.4 Å². The zero-order valence-corrected chi connectivity index (χ0v) is 14.4. The van der Waals surface area contributed by atoms with E-state index < -0.39 is 0 Å². The summed E-state index contributed by atoms with van der Waals surface area (Å²) in [5.74, 6) is 0.826. The lowest BCUT2D eigenvalue weighted by atomic mass is 10.1. The maximum Gasteiger partial charge on any atom is 0.227 e. The Kier molecular flexibility index (Phi) is 5.80. The van der Waals surface area contributed by atoms with Gasteiger partial charge in [0.25, 0.3) is 0 Å². The van der Waals surface area contributed by atoms with Crippen LogP contribution in [0.25, 0.3) is 0 Å². The first-order valence-electron chi connectivity index (χ1n) is 8.09. The van der Waals surface area contributed by atoms with Gasteiger partial charge < -0.3 is 10.1 Å². The van der Waals surface area contributed by atoms with E-state index in [1.54, 1.807) is 0 Å². The quantitative estimate of drug-likeness (QED) is 0.848. The smallest absolute Gasteiger partial charge is 0.227 e. The van der Waals surface area contributed by atoms with Crippen LogP contribution >= 0.6 is 0 Å². The fraction of sp³-hybridized carbons (Fsp3) is 0.350. The number of para-hydroxylation sites is 1. The maximum absolute atomic E-state index is 12.2. The van der Waals surface area contributed by atoms with Crippen LogP contribution in [0.4, 0.5) is 5.69 Å². The molecule has 0 spiro atoms. The molecule has 1 amide bonds. The highest BCUT2D eigenvalue weighted by atomic mass is 16.5. The Morgan fingerprint density at radius 1 is 1.09 bits per heavy atom. The molecule has 0 saturated carbocycles. The van der Waals surface area contributed by atoms with Gasteiger partial charge in [0.1, 0.15) is 5.75 Å². The minimum atomic E-state index is -0.0150. The van der Waals surface area contributed by atoms with Gasteiger partial charge in [-0.15, -0.1) is 0 Å². The van der Waals surface area contributed by atoms with E-state index in [1.165, 1.54) is 5.56 Å². The van der Waals surface area contributed by atoms with Crippen LogP contribution < -0.4 is 10.1 Å². The molecule has 0 bridgehead atoms. The molecule has 122 valence electrons. The second-order valence-electron chi connectivity index (χ2n) is 5.88. The predicted octanol–water partition coefficient (Wildman–Crippen LogP) is 4.58. The molecule has 3 heteroatoms. The summed E-state index contributed by atoms with van der Waals surface area (Å²) in [4.78, 5) is 12.2. The fourth-order valence-electron chi connectivity index (χ4n) is 2.62. The van der Waals surface area contributed by atoms with E-state index in [2.05, 4.69) is 31.3 Å². The molecule has 0 fully saturated rings. The van der Waals surface area contributed by atoms with E-state index in [-0.39, 0.29) is 5.91 Å². The standard InChI is InChI=1S/C20H25NO2/c1-5-17-8-6-7-15(3)20(17)21-19(22)11-12-23-18-10-9-14(2)13-16(18)4/h6-10,13H,5,11-12H2,1-4H3,(H,21,22). The first-order valence-corrected chi connectivity index (χ1v) is 8.09. The summed E-state index contributed by atoms with van der Waals surface area (Å²) < 4.78 is 5.73. The first kappa shape index (κ1) is 17.1. The van der Waals surface area contributed by atoms with Gasteiger partial charge in [-0.05, 0) is 49.9 Å². The third-order valence-electron chi connectivity index (χ3n) is 3.92. The highest BCUT2D eigenvalue weighted by molar-refractivity contribution is 5.92. The summed E-state index contributed by atoms with van der Waals surface area (Å²) in [5.41, 5.74) is 5.49. The Balaban J connectivity index is 1.91. The number of rotatable bonds is 6. The van der Waals surface area contributed by atoms with Gasteiger partial charge in [0.15, 0.2) is 0 Å². The van der Waals surface area contributed by atoms with Crippen LogP contribution in [0.3, 0.4) is 0 Å². The molecule has 23 heavy (non-hydrogen) atoms. The fourth-order valence-corrected chi connectivity index (χ4v) is 2.62. The summed E-state index contributed by atoms with van der Waals surface area (Å²) >= 11 is 0. The van der Waals surface area contributed by atoms with Crippen molar-refractivity contribution in [2.75, 3.05) is 11.9 Å². The van der Waals surface area contributed by atoms with Gasteiger partial charge in [-0.3, -0.25) is 4.79 Å². The van der Waals surface area contributed by atoms with E-state index >= 15 is 0 Å². The third kappa shape index (κ3) is 4.59. The average Bonchev–Trinajstić information content (AvgIpc) is 2.51. The summed E-state index contributed by atoms with van der Waals surface area (Å²) in [6.45, 7) is 8.55. The van der Waals surface area contributed by atoms with Crippen molar-refractivity contribution in [3.63, 3.8) is 0 Å². The van der Waals surface area contributed by atoms with E-state index in [0.29, 0.717) is 13.0 Å². The number of benzene rings is 2. The van der Waals surface area contributed by atoms with Crippen molar-refractivity contribution in [2.45, 2.75) is 40.5 Å². The zero-order valence-electron chi connectivity index (χ0n) is 14.4. The lowest BCUT2D eigenvalue weighted by molar-refractivity contribution is -0.116. The van der Waals surface area contributed by atoms with Gasteiger partial charge in [0.05, 0.1) is 13.0 Å². The van der Waals surface area contributed by atoms with Gasteiger partial charge in [-0.25, -0.2) is 0 Å².